The highest BCUT2D eigenvalue weighted by atomic mass is 32.2. The highest BCUT2D eigenvalue weighted by Gasteiger charge is 2.31. The molecule has 0 bridgehead atoms. The van der Waals surface area contributed by atoms with Crippen LogP contribution in [0.15, 0.2) is 28.9 Å². The Kier molecular flexibility index (Phi) is 8.22. The number of anilines is 1. The Balaban J connectivity index is 1.86. The smallest absolute Gasteiger partial charge is 0.269 e. The van der Waals surface area contributed by atoms with Gasteiger partial charge >= 0.3 is 0 Å². The van der Waals surface area contributed by atoms with E-state index in [0.29, 0.717) is 5.92 Å². The van der Waals surface area contributed by atoms with E-state index in [1.165, 1.54) is 9.69 Å². The summed E-state index contributed by atoms with van der Waals surface area (Å²) in [6.45, 7) is 12.1. The van der Waals surface area contributed by atoms with E-state index in [1.54, 1.807) is 13.8 Å². The Morgan fingerprint density at radius 3 is 2.41 bits per heavy atom. The molecule has 3 heterocycles. The number of hydrogen-bond acceptors (Lipinski definition) is 8. The second kappa shape index (κ2) is 10.6. The van der Waals surface area contributed by atoms with Crippen LogP contribution < -0.4 is 10.6 Å². The molecule has 2 aromatic rings. The van der Waals surface area contributed by atoms with Gasteiger partial charge in [-0.05, 0) is 37.8 Å². The van der Waals surface area contributed by atoms with E-state index < -0.39 is 26.9 Å². The van der Waals surface area contributed by atoms with E-state index in [2.05, 4.69) is 33.3 Å². The molecule has 0 radical (unpaired) electrons. The van der Waals surface area contributed by atoms with E-state index in [9.17, 15) is 17.7 Å². The van der Waals surface area contributed by atoms with Gasteiger partial charge in [-0.3, -0.25) is 0 Å². The lowest BCUT2D eigenvalue weighted by Crippen LogP contribution is -2.37. The van der Waals surface area contributed by atoms with Gasteiger partial charge in [0.15, 0.2) is 21.6 Å². The standard InChI is InChI=1S/C21H31N5O5S3/c1-7-26(8-2)34(29,30)21-18(27)16(11-32-21)23-20-19(24-33(28)25-20)22-15(9-12(3)4)17-10-13(5)14(6)31-17/h10-12,15,27H,7-9H2,1-6H3,(H,22,24)(H,23,25)/t15-,33?/m1/s1. The fourth-order valence-corrected chi connectivity index (χ4v) is 6.97. The number of nitrogens with one attached hydrogen (secondary N) is 2. The molecule has 0 saturated heterocycles. The van der Waals surface area contributed by atoms with Crippen LogP contribution in [-0.4, -0.2) is 46.8 Å². The third-order valence-corrected chi connectivity index (χ3v) is 9.59. The minimum atomic E-state index is -3.84. The van der Waals surface area contributed by atoms with Gasteiger partial charge in [0.1, 0.15) is 11.5 Å². The van der Waals surface area contributed by atoms with Crippen LogP contribution in [-0.2, 0) is 21.2 Å². The third-order valence-electron chi connectivity index (χ3n) is 5.37. The van der Waals surface area contributed by atoms with Crippen molar-refractivity contribution < 1.29 is 22.2 Å². The van der Waals surface area contributed by atoms with Crippen molar-refractivity contribution in [3.63, 3.8) is 0 Å². The lowest BCUT2D eigenvalue weighted by Gasteiger charge is -2.20. The van der Waals surface area contributed by atoms with Gasteiger partial charge in [-0.1, -0.05) is 27.7 Å². The molecule has 1 unspecified atom stereocenters. The minimum absolute atomic E-state index is 0.145. The fourth-order valence-electron chi connectivity index (χ4n) is 3.51. The number of sulfonamides is 1. The zero-order chi connectivity index (χ0) is 25.2. The Hall–Kier alpha value is -2.22. The second-order valence-electron chi connectivity index (χ2n) is 8.32. The number of rotatable bonds is 9. The lowest BCUT2D eigenvalue weighted by molar-refractivity contribution is 0.384. The summed E-state index contributed by atoms with van der Waals surface area (Å²) in [5.74, 6) is 1.86. The summed E-state index contributed by atoms with van der Waals surface area (Å²) in [5, 5.41) is 18.3. The SMILES string of the molecule is CCN(CC)S(=O)(=O)c1scc(NC2=NS(=O)N=C2N[C@H](CC(C)C)c2cc(C)c(C)o2)c1O. The number of nitrogens with zero attached hydrogens (tertiary/aromatic N) is 3. The first-order valence-electron chi connectivity index (χ1n) is 11.0. The maximum Gasteiger partial charge on any atom is 0.269 e. The van der Waals surface area contributed by atoms with Gasteiger partial charge in [0.05, 0.1) is 11.7 Å². The normalized spacial score (nSPS) is 17.2. The molecule has 188 valence electrons. The van der Waals surface area contributed by atoms with Gasteiger partial charge in [0, 0.05) is 18.5 Å². The van der Waals surface area contributed by atoms with Gasteiger partial charge in [-0.2, -0.15) is 4.31 Å². The summed E-state index contributed by atoms with van der Waals surface area (Å²) in [6.07, 6.45) is 0.724. The Morgan fingerprint density at radius 2 is 1.85 bits per heavy atom. The number of aryl methyl sites for hydroxylation is 2. The van der Waals surface area contributed by atoms with Crippen LogP contribution in [0, 0.1) is 19.8 Å². The van der Waals surface area contributed by atoms with Crippen molar-refractivity contribution >= 4 is 49.9 Å². The number of amidine groups is 2. The molecule has 10 nitrogen and oxygen atoms in total. The molecule has 1 aliphatic heterocycles. The van der Waals surface area contributed by atoms with Crippen LogP contribution in [0.25, 0.3) is 0 Å². The van der Waals surface area contributed by atoms with E-state index in [-0.39, 0.29) is 40.7 Å². The van der Waals surface area contributed by atoms with Crippen LogP contribution in [0.1, 0.15) is 57.2 Å². The summed E-state index contributed by atoms with van der Waals surface area (Å²) in [5.41, 5.74) is 1.17. The molecule has 34 heavy (non-hydrogen) atoms. The van der Waals surface area contributed by atoms with E-state index in [0.717, 1.165) is 34.8 Å². The summed E-state index contributed by atoms with van der Waals surface area (Å²) in [7, 11) is -3.84. The van der Waals surface area contributed by atoms with Gasteiger partial charge in [0.2, 0.25) is 0 Å². The molecule has 0 aliphatic carbocycles. The molecule has 0 aromatic carbocycles. The monoisotopic (exact) mass is 529 g/mol. The first-order chi connectivity index (χ1) is 16.0. The number of aromatic hydroxyl groups is 1. The second-order valence-corrected chi connectivity index (χ2v) is 12.2. The molecule has 3 rings (SSSR count). The third kappa shape index (κ3) is 5.53. The van der Waals surface area contributed by atoms with Crippen molar-refractivity contribution in [3.05, 3.63) is 28.5 Å². The highest BCUT2D eigenvalue weighted by Crippen LogP contribution is 2.39. The molecule has 0 fully saturated rings. The van der Waals surface area contributed by atoms with Crippen molar-refractivity contribution in [2.75, 3.05) is 18.4 Å². The van der Waals surface area contributed by atoms with Crippen molar-refractivity contribution in [1.29, 1.82) is 0 Å². The maximum absolute atomic E-state index is 12.8. The topological polar surface area (TPSA) is 137 Å². The predicted octanol–water partition coefficient (Wildman–Crippen LogP) is 3.87. The minimum Gasteiger partial charge on any atom is -0.504 e. The Bertz CT molecular complexity index is 1210. The van der Waals surface area contributed by atoms with Crippen LogP contribution >= 0.6 is 11.3 Å². The molecular formula is C21H31N5O5S3. The van der Waals surface area contributed by atoms with Gasteiger partial charge in [-0.15, -0.1) is 20.1 Å². The molecule has 3 N–H and O–H groups in total. The van der Waals surface area contributed by atoms with Crippen LogP contribution in [0.3, 0.4) is 0 Å². The van der Waals surface area contributed by atoms with Crippen molar-refractivity contribution in [3.8, 4) is 5.75 Å². The Labute approximate surface area is 207 Å². The largest absolute Gasteiger partial charge is 0.504 e. The summed E-state index contributed by atoms with van der Waals surface area (Å²) < 4.78 is 52.9. The van der Waals surface area contributed by atoms with Crippen LogP contribution in [0.2, 0.25) is 0 Å². The van der Waals surface area contributed by atoms with Gasteiger partial charge < -0.3 is 20.2 Å². The zero-order valence-electron chi connectivity index (χ0n) is 20.1. The molecule has 13 heteroatoms. The fraction of sp³-hybridized carbons (Fsp3) is 0.524. The van der Waals surface area contributed by atoms with E-state index >= 15 is 0 Å². The number of hydrogen-bond donors (Lipinski definition) is 3. The van der Waals surface area contributed by atoms with Crippen LogP contribution in [0.4, 0.5) is 5.69 Å². The highest BCUT2D eigenvalue weighted by molar-refractivity contribution is 7.91. The molecule has 0 amide bonds. The van der Waals surface area contributed by atoms with Crippen molar-refractivity contribution in [1.82, 2.24) is 9.62 Å². The van der Waals surface area contributed by atoms with E-state index in [1.807, 2.05) is 19.9 Å². The molecule has 0 spiro atoms. The van der Waals surface area contributed by atoms with E-state index in [4.69, 9.17) is 4.42 Å². The lowest BCUT2D eigenvalue weighted by atomic mass is 10.0. The first-order valence-corrected chi connectivity index (χ1v) is 14.4. The Morgan fingerprint density at radius 1 is 1.21 bits per heavy atom. The van der Waals surface area contributed by atoms with Gasteiger partial charge in [-0.25, -0.2) is 12.6 Å². The predicted molar refractivity (Wildman–Crippen MR) is 136 cm³/mol. The molecule has 1 aliphatic rings. The molecule has 0 saturated carbocycles. The van der Waals surface area contributed by atoms with Crippen molar-refractivity contribution in [2.45, 2.75) is 58.2 Å². The maximum atomic E-state index is 12.8. The average molecular weight is 530 g/mol. The summed E-state index contributed by atoms with van der Waals surface area (Å²) in [4.78, 5) is 0. The molecular weight excluding hydrogens is 498 g/mol. The van der Waals surface area contributed by atoms with Crippen LogP contribution in [0.5, 0.6) is 5.75 Å². The number of thiophene rings is 1. The number of furan rings is 1. The summed E-state index contributed by atoms with van der Waals surface area (Å²) in [6, 6.07) is 1.71. The van der Waals surface area contributed by atoms with Crippen molar-refractivity contribution in [2.24, 2.45) is 14.7 Å². The first kappa shape index (κ1) is 26.4. The zero-order valence-corrected chi connectivity index (χ0v) is 22.5. The summed E-state index contributed by atoms with van der Waals surface area (Å²) >= 11 is -0.950. The average Bonchev–Trinajstić information content (AvgIpc) is 3.40. The molecule has 2 aromatic heterocycles. The quantitative estimate of drug-likeness (QED) is 0.448. The molecule has 2 atom stereocenters. The van der Waals surface area contributed by atoms with Gasteiger partial charge in [0.25, 0.3) is 21.2 Å².